The summed E-state index contributed by atoms with van der Waals surface area (Å²) in [6.07, 6.45) is 2.59. The molecule has 1 aromatic carbocycles. The van der Waals surface area contributed by atoms with Gasteiger partial charge in [0, 0.05) is 20.1 Å². The molecule has 0 amide bonds. The van der Waals surface area contributed by atoms with Gasteiger partial charge in [-0.05, 0) is 43.5 Å². The highest BCUT2D eigenvalue weighted by molar-refractivity contribution is 5.48. The number of halogens is 1. The molecule has 0 radical (unpaired) electrons. The fourth-order valence-electron chi connectivity index (χ4n) is 1.96. The van der Waals surface area contributed by atoms with Crippen LogP contribution in [-0.2, 0) is 6.54 Å². The van der Waals surface area contributed by atoms with Crippen LogP contribution in [0, 0.1) is 11.7 Å². The molecule has 1 fully saturated rings. The standard InChI is InChI=1S/C13H19FN2/c1-15-8-11-5-6-13(12(14)7-11)16(2)9-10-3-4-10/h5-7,10,15H,3-4,8-9H2,1-2H3. The van der Waals surface area contributed by atoms with Crippen molar-refractivity contribution in [3.05, 3.63) is 29.6 Å². The summed E-state index contributed by atoms with van der Waals surface area (Å²) < 4.78 is 13.8. The molecule has 0 bridgehead atoms. The van der Waals surface area contributed by atoms with Crippen LogP contribution in [0.5, 0.6) is 0 Å². The third-order valence-corrected chi connectivity index (χ3v) is 3.03. The van der Waals surface area contributed by atoms with Crippen LogP contribution in [0.15, 0.2) is 18.2 Å². The molecule has 1 N–H and O–H groups in total. The molecule has 0 atom stereocenters. The Hall–Kier alpha value is -1.09. The van der Waals surface area contributed by atoms with Crippen LogP contribution in [0.4, 0.5) is 10.1 Å². The monoisotopic (exact) mass is 222 g/mol. The normalized spacial score (nSPS) is 15.2. The molecule has 0 unspecified atom stereocenters. The Morgan fingerprint density at radius 3 is 2.75 bits per heavy atom. The minimum Gasteiger partial charge on any atom is -0.372 e. The number of hydrogen-bond donors (Lipinski definition) is 1. The fourth-order valence-corrected chi connectivity index (χ4v) is 1.96. The number of anilines is 1. The van der Waals surface area contributed by atoms with Crippen molar-refractivity contribution in [3.63, 3.8) is 0 Å². The molecule has 1 saturated carbocycles. The van der Waals surface area contributed by atoms with Crippen LogP contribution in [-0.4, -0.2) is 20.6 Å². The summed E-state index contributed by atoms with van der Waals surface area (Å²) in [4.78, 5) is 2.02. The van der Waals surface area contributed by atoms with Crippen molar-refractivity contribution in [3.8, 4) is 0 Å². The van der Waals surface area contributed by atoms with Gasteiger partial charge >= 0.3 is 0 Å². The summed E-state index contributed by atoms with van der Waals surface area (Å²) in [6.45, 7) is 1.69. The Kier molecular flexibility index (Phi) is 3.44. The lowest BCUT2D eigenvalue weighted by Gasteiger charge is -2.20. The lowest BCUT2D eigenvalue weighted by atomic mass is 10.2. The predicted molar refractivity (Wildman–Crippen MR) is 65.2 cm³/mol. The van der Waals surface area contributed by atoms with Crippen LogP contribution in [0.2, 0.25) is 0 Å². The third kappa shape index (κ3) is 2.73. The summed E-state index contributed by atoms with van der Waals surface area (Å²) in [5.74, 6) is 0.664. The van der Waals surface area contributed by atoms with E-state index in [2.05, 4.69) is 5.32 Å². The maximum Gasteiger partial charge on any atom is 0.146 e. The first-order valence-electron chi connectivity index (χ1n) is 5.85. The fraction of sp³-hybridized carbons (Fsp3) is 0.538. The average Bonchev–Trinajstić information content (AvgIpc) is 3.02. The van der Waals surface area contributed by atoms with Gasteiger partial charge in [0.25, 0.3) is 0 Å². The van der Waals surface area contributed by atoms with Crippen molar-refractivity contribution in [1.29, 1.82) is 0 Å². The minimum atomic E-state index is -0.115. The quantitative estimate of drug-likeness (QED) is 0.823. The van der Waals surface area contributed by atoms with Gasteiger partial charge in [-0.2, -0.15) is 0 Å². The molecule has 0 heterocycles. The van der Waals surface area contributed by atoms with Crippen LogP contribution < -0.4 is 10.2 Å². The largest absolute Gasteiger partial charge is 0.372 e. The molecule has 1 aliphatic rings. The van der Waals surface area contributed by atoms with E-state index < -0.39 is 0 Å². The lowest BCUT2D eigenvalue weighted by molar-refractivity contribution is 0.615. The number of hydrogen-bond acceptors (Lipinski definition) is 2. The van der Waals surface area contributed by atoms with Gasteiger partial charge in [-0.25, -0.2) is 4.39 Å². The summed E-state index contributed by atoms with van der Waals surface area (Å²) in [5.41, 5.74) is 1.70. The second kappa shape index (κ2) is 4.83. The van der Waals surface area contributed by atoms with Gasteiger partial charge in [0.2, 0.25) is 0 Å². The molecule has 0 spiro atoms. The number of rotatable bonds is 5. The van der Waals surface area contributed by atoms with Crippen LogP contribution in [0.1, 0.15) is 18.4 Å². The summed E-state index contributed by atoms with van der Waals surface area (Å²) in [7, 11) is 3.83. The molecule has 88 valence electrons. The van der Waals surface area contributed by atoms with E-state index in [1.54, 1.807) is 6.07 Å². The zero-order valence-corrected chi connectivity index (χ0v) is 9.96. The summed E-state index contributed by atoms with van der Waals surface area (Å²) in [5, 5.41) is 3.02. The van der Waals surface area contributed by atoms with Crippen LogP contribution >= 0.6 is 0 Å². The molecular weight excluding hydrogens is 203 g/mol. The van der Waals surface area contributed by atoms with E-state index in [0.29, 0.717) is 12.2 Å². The minimum absolute atomic E-state index is 0.115. The first-order chi connectivity index (χ1) is 7.70. The Bertz CT molecular complexity index is 361. The van der Waals surface area contributed by atoms with E-state index in [1.807, 2.05) is 31.1 Å². The first kappa shape index (κ1) is 11.4. The molecule has 2 rings (SSSR count). The second-order valence-corrected chi connectivity index (χ2v) is 4.64. The Balaban J connectivity index is 2.07. The zero-order valence-electron chi connectivity index (χ0n) is 9.96. The number of nitrogens with zero attached hydrogens (tertiary/aromatic N) is 1. The Morgan fingerprint density at radius 2 is 2.19 bits per heavy atom. The van der Waals surface area contributed by atoms with Gasteiger partial charge in [0.05, 0.1) is 5.69 Å². The molecule has 16 heavy (non-hydrogen) atoms. The number of benzene rings is 1. The molecule has 0 aromatic heterocycles. The van der Waals surface area contributed by atoms with Crippen molar-refractivity contribution in [2.24, 2.45) is 5.92 Å². The molecule has 0 aliphatic heterocycles. The molecule has 1 aromatic rings. The molecular formula is C13H19FN2. The molecule has 2 nitrogen and oxygen atoms in total. The van der Waals surface area contributed by atoms with Gasteiger partial charge in [-0.1, -0.05) is 6.07 Å². The van der Waals surface area contributed by atoms with Gasteiger partial charge in [0.15, 0.2) is 0 Å². The highest BCUT2D eigenvalue weighted by Gasteiger charge is 2.23. The van der Waals surface area contributed by atoms with E-state index in [4.69, 9.17) is 0 Å². The first-order valence-corrected chi connectivity index (χ1v) is 5.85. The van der Waals surface area contributed by atoms with Crippen molar-refractivity contribution < 1.29 is 4.39 Å². The second-order valence-electron chi connectivity index (χ2n) is 4.64. The van der Waals surface area contributed by atoms with E-state index in [-0.39, 0.29) is 5.82 Å². The van der Waals surface area contributed by atoms with Crippen LogP contribution in [0.25, 0.3) is 0 Å². The summed E-state index contributed by atoms with van der Waals surface area (Å²) in [6, 6.07) is 5.48. The highest BCUT2D eigenvalue weighted by atomic mass is 19.1. The molecule has 3 heteroatoms. The van der Waals surface area contributed by atoms with Gasteiger partial charge < -0.3 is 10.2 Å². The maximum absolute atomic E-state index is 13.8. The Labute approximate surface area is 96.5 Å². The van der Waals surface area contributed by atoms with Gasteiger partial charge in [-0.15, -0.1) is 0 Å². The third-order valence-electron chi connectivity index (χ3n) is 3.03. The lowest BCUT2D eigenvalue weighted by Crippen LogP contribution is -2.21. The van der Waals surface area contributed by atoms with E-state index >= 15 is 0 Å². The van der Waals surface area contributed by atoms with Gasteiger partial charge in [-0.3, -0.25) is 0 Å². The predicted octanol–water partition coefficient (Wildman–Crippen LogP) is 2.39. The maximum atomic E-state index is 13.8. The van der Waals surface area contributed by atoms with Crippen molar-refractivity contribution >= 4 is 5.69 Å². The van der Waals surface area contributed by atoms with E-state index in [1.165, 1.54) is 12.8 Å². The van der Waals surface area contributed by atoms with Crippen molar-refractivity contribution in [2.75, 3.05) is 25.5 Å². The van der Waals surface area contributed by atoms with Gasteiger partial charge in [0.1, 0.15) is 5.82 Å². The SMILES string of the molecule is CNCc1ccc(N(C)CC2CC2)c(F)c1. The smallest absolute Gasteiger partial charge is 0.146 e. The van der Waals surface area contributed by atoms with Crippen molar-refractivity contribution in [1.82, 2.24) is 5.32 Å². The van der Waals surface area contributed by atoms with Crippen LogP contribution in [0.3, 0.4) is 0 Å². The molecule has 0 saturated heterocycles. The Morgan fingerprint density at radius 1 is 1.44 bits per heavy atom. The molecule has 1 aliphatic carbocycles. The highest BCUT2D eigenvalue weighted by Crippen LogP contribution is 2.31. The van der Waals surface area contributed by atoms with Crippen molar-refractivity contribution in [2.45, 2.75) is 19.4 Å². The number of nitrogens with one attached hydrogen (secondary N) is 1. The average molecular weight is 222 g/mol. The summed E-state index contributed by atoms with van der Waals surface area (Å²) >= 11 is 0. The van der Waals surface area contributed by atoms with E-state index in [0.717, 1.165) is 18.0 Å². The zero-order chi connectivity index (χ0) is 11.5. The topological polar surface area (TPSA) is 15.3 Å². The van der Waals surface area contributed by atoms with E-state index in [9.17, 15) is 4.39 Å².